The lowest BCUT2D eigenvalue weighted by atomic mass is 10.1. The molecule has 4 N–H and O–H groups in total. The van der Waals surface area contributed by atoms with Gasteiger partial charge in [0.15, 0.2) is 18.9 Å². The third-order valence-electron chi connectivity index (χ3n) is 7.28. The van der Waals surface area contributed by atoms with Crippen LogP contribution in [0.25, 0.3) is 18.2 Å². The van der Waals surface area contributed by atoms with Gasteiger partial charge in [-0.2, -0.15) is 0 Å². The van der Waals surface area contributed by atoms with Crippen molar-refractivity contribution in [2.24, 2.45) is 4.99 Å². The molecule has 0 saturated heterocycles. The minimum Gasteiger partial charge on any atom is -0.395 e. The van der Waals surface area contributed by atoms with E-state index in [1.165, 1.54) is 0 Å². The molecule has 0 unspecified atom stereocenters. The predicted octanol–water partition coefficient (Wildman–Crippen LogP) is 5.00. The second-order valence-corrected chi connectivity index (χ2v) is 13.4. The maximum atomic E-state index is 9.25. The normalized spacial score (nSPS) is 12.0. The van der Waals surface area contributed by atoms with E-state index in [9.17, 15) is 20.4 Å². The first-order valence-corrected chi connectivity index (χ1v) is 18.6. The van der Waals surface area contributed by atoms with Gasteiger partial charge in [-0.25, -0.2) is 4.57 Å². The molecule has 10 heteroatoms. The van der Waals surface area contributed by atoms with Gasteiger partial charge in [0.2, 0.25) is 0 Å². The fraction of sp³-hybridized carbons (Fsp3) is 0.316. The standard InChI is InChI=1S/C38H49N4O4S2/c1-2-33(3-4-34-7-11-37(12-8-34)41(22-27-43)23-28-44)15-18-39-19-31-47-48-32-26-40-20-16-36(17-21-40)6-5-35-9-13-38(14-10-35)42(24-29-45)25-30-46/h2-18,20-21,43-46H,1,19,22-32H2/q+1. The molecule has 0 atom stereocenters. The summed E-state index contributed by atoms with van der Waals surface area (Å²) in [6.45, 7) is 7.77. The van der Waals surface area contributed by atoms with E-state index in [1.54, 1.807) is 6.08 Å². The van der Waals surface area contributed by atoms with Crippen molar-refractivity contribution in [3.8, 4) is 0 Å². The Hall–Kier alpha value is -3.64. The van der Waals surface area contributed by atoms with E-state index in [0.717, 1.165) is 58.2 Å². The van der Waals surface area contributed by atoms with E-state index in [1.807, 2.05) is 104 Å². The van der Waals surface area contributed by atoms with Crippen molar-refractivity contribution in [2.75, 3.05) is 80.5 Å². The number of hydrogen-bond acceptors (Lipinski definition) is 9. The summed E-state index contributed by atoms with van der Waals surface area (Å²) in [5.74, 6) is 1.96. The number of allylic oxidation sites excluding steroid dienone is 4. The molecular weight excluding hydrogens is 641 g/mol. The van der Waals surface area contributed by atoms with E-state index in [-0.39, 0.29) is 26.4 Å². The van der Waals surface area contributed by atoms with Crippen LogP contribution in [-0.4, -0.2) is 97.3 Å². The average molecular weight is 690 g/mol. The summed E-state index contributed by atoms with van der Waals surface area (Å²) in [6, 6.07) is 20.4. The minimum atomic E-state index is 0.0442. The third-order valence-corrected chi connectivity index (χ3v) is 9.64. The molecule has 3 aromatic rings. The van der Waals surface area contributed by atoms with Crippen molar-refractivity contribution in [2.45, 2.75) is 6.54 Å². The molecule has 1 aromatic heterocycles. The van der Waals surface area contributed by atoms with Crippen molar-refractivity contribution in [3.63, 3.8) is 0 Å². The average Bonchev–Trinajstić information content (AvgIpc) is 3.12. The van der Waals surface area contributed by atoms with Crippen molar-refractivity contribution < 1.29 is 25.0 Å². The van der Waals surface area contributed by atoms with Crippen LogP contribution in [0.2, 0.25) is 0 Å². The van der Waals surface area contributed by atoms with Gasteiger partial charge in [-0.15, -0.1) is 0 Å². The van der Waals surface area contributed by atoms with Gasteiger partial charge >= 0.3 is 0 Å². The lowest BCUT2D eigenvalue weighted by Crippen LogP contribution is -2.33. The van der Waals surface area contributed by atoms with Crippen LogP contribution in [-0.2, 0) is 6.54 Å². The molecule has 0 spiro atoms. The molecule has 8 nitrogen and oxygen atoms in total. The Labute approximate surface area is 293 Å². The van der Waals surface area contributed by atoms with E-state index < -0.39 is 0 Å². The molecule has 2 aromatic carbocycles. The SMILES string of the molecule is C=CC(C=Cc1ccc(N(CCO)CCO)cc1)=CC=NCCSSCC[n+]1ccc(C=Cc2ccc(N(CCO)CCO)cc2)cc1. The third kappa shape index (κ3) is 14.6. The van der Waals surface area contributed by atoms with Crippen molar-refractivity contribution >= 4 is 57.4 Å². The van der Waals surface area contributed by atoms with Gasteiger partial charge in [0.05, 0.1) is 32.2 Å². The molecule has 0 bridgehead atoms. The number of rotatable bonds is 23. The lowest BCUT2D eigenvalue weighted by Gasteiger charge is -2.22. The fourth-order valence-electron chi connectivity index (χ4n) is 4.68. The van der Waals surface area contributed by atoms with Crippen molar-refractivity contribution in [1.82, 2.24) is 0 Å². The first-order valence-electron chi connectivity index (χ1n) is 16.2. The molecule has 0 amide bonds. The first-order chi connectivity index (χ1) is 23.6. The molecule has 0 aliphatic carbocycles. The van der Waals surface area contributed by atoms with Crippen LogP contribution >= 0.6 is 21.6 Å². The summed E-state index contributed by atoms with van der Waals surface area (Å²) in [5, 5.41) is 37.0. The summed E-state index contributed by atoms with van der Waals surface area (Å²) in [5.41, 5.74) is 6.22. The number of hydrogen-bond donors (Lipinski definition) is 4. The molecule has 0 aliphatic rings. The Balaban J connectivity index is 1.33. The van der Waals surface area contributed by atoms with E-state index in [0.29, 0.717) is 26.2 Å². The first kappa shape index (κ1) is 38.8. The molecule has 0 radical (unpaired) electrons. The summed E-state index contributed by atoms with van der Waals surface area (Å²) in [7, 11) is 3.69. The Morgan fingerprint density at radius 2 is 1.15 bits per heavy atom. The smallest absolute Gasteiger partial charge is 0.169 e. The van der Waals surface area contributed by atoms with Crippen LogP contribution in [0.1, 0.15) is 16.7 Å². The van der Waals surface area contributed by atoms with Gasteiger partial charge in [0.25, 0.3) is 0 Å². The molecule has 48 heavy (non-hydrogen) atoms. The Kier molecular flexibility index (Phi) is 19.1. The van der Waals surface area contributed by atoms with Crippen LogP contribution < -0.4 is 14.4 Å². The summed E-state index contributed by atoms with van der Waals surface area (Å²) >= 11 is 0. The Bertz CT molecular complexity index is 1430. The molecule has 0 fully saturated rings. The molecule has 256 valence electrons. The van der Waals surface area contributed by atoms with E-state index >= 15 is 0 Å². The number of benzene rings is 2. The maximum Gasteiger partial charge on any atom is 0.169 e. The number of anilines is 2. The summed E-state index contributed by atoms with van der Waals surface area (Å²) in [6.07, 6.45) is 18.0. The van der Waals surface area contributed by atoms with Gasteiger partial charge in [0.1, 0.15) is 0 Å². The fourth-order valence-corrected chi connectivity index (χ4v) is 6.54. The monoisotopic (exact) mass is 689 g/mol. The number of aliphatic hydroxyl groups is 4. The van der Waals surface area contributed by atoms with Crippen LogP contribution in [0, 0.1) is 0 Å². The zero-order chi connectivity index (χ0) is 34.2. The highest BCUT2D eigenvalue weighted by Gasteiger charge is 2.06. The largest absolute Gasteiger partial charge is 0.395 e. The van der Waals surface area contributed by atoms with Crippen molar-refractivity contribution in [1.29, 1.82) is 0 Å². The highest BCUT2D eigenvalue weighted by molar-refractivity contribution is 8.76. The molecule has 1 heterocycles. The number of pyridine rings is 1. The summed E-state index contributed by atoms with van der Waals surface area (Å²) < 4.78 is 2.20. The molecule has 0 aliphatic heterocycles. The van der Waals surface area contributed by atoms with Crippen LogP contribution in [0.15, 0.2) is 108 Å². The topological polar surface area (TPSA) is 104 Å². The van der Waals surface area contributed by atoms with Gasteiger partial charge in [0, 0.05) is 68.2 Å². The number of aliphatic hydroxyl groups excluding tert-OH is 4. The predicted molar refractivity (Wildman–Crippen MR) is 207 cm³/mol. The number of aliphatic imine (C=N–C) groups is 1. The number of aryl methyl sites for hydroxylation is 1. The van der Waals surface area contributed by atoms with Crippen LogP contribution in [0.5, 0.6) is 0 Å². The number of aromatic nitrogens is 1. The van der Waals surface area contributed by atoms with Gasteiger partial charge in [-0.1, -0.05) is 82.8 Å². The van der Waals surface area contributed by atoms with Crippen LogP contribution in [0.3, 0.4) is 0 Å². The van der Waals surface area contributed by atoms with E-state index in [4.69, 9.17) is 0 Å². The zero-order valence-electron chi connectivity index (χ0n) is 27.6. The highest BCUT2D eigenvalue weighted by atomic mass is 33.1. The molecule has 3 rings (SSSR count). The quantitative estimate of drug-likeness (QED) is 0.0363. The second-order valence-electron chi connectivity index (χ2n) is 10.7. The summed E-state index contributed by atoms with van der Waals surface area (Å²) in [4.78, 5) is 8.43. The molecule has 0 saturated carbocycles. The lowest BCUT2D eigenvalue weighted by molar-refractivity contribution is -0.692. The minimum absolute atomic E-state index is 0.0442. The van der Waals surface area contributed by atoms with Gasteiger partial charge < -0.3 is 30.2 Å². The van der Waals surface area contributed by atoms with Crippen molar-refractivity contribution in [3.05, 3.63) is 120 Å². The Morgan fingerprint density at radius 3 is 1.65 bits per heavy atom. The number of nitrogens with zero attached hydrogens (tertiary/aromatic N) is 4. The molecular formula is C38H49N4O4S2+. The maximum absolute atomic E-state index is 9.25. The van der Waals surface area contributed by atoms with E-state index in [2.05, 4.69) is 52.8 Å². The second kappa shape index (κ2) is 23.6. The zero-order valence-corrected chi connectivity index (χ0v) is 29.2. The van der Waals surface area contributed by atoms with Gasteiger partial charge in [-0.3, -0.25) is 4.99 Å². The highest BCUT2D eigenvalue weighted by Crippen LogP contribution is 2.20. The van der Waals surface area contributed by atoms with Crippen LogP contribution in [0.4, 0.5) is 11.4 Å². The van der Waals surface area contributed by atoms with Gasteiger partial charge in [-0.05, 0) is 52.6 Å². The Morgan fingerprint density at radius 1 is 0.667 bits per heavy atom.